The summed E-state index contributed by atoms with van der Waals surface area (Å²) < 4.78 is 30.1. The lowest BCUT2D eigenvalue weighted by molar-refractivity contribution is -0.132. The van der Waals surface area contributed by atoms with Crippen LogP contribution in [-0.2, 0) is 11.8 Å². The van der Waals surface area contributed by atoms with E-state index in [-0.39, 0.29) is 5.75 Å². The number of halogens is 2. The van der Waals surface area contributed by atoms with Crippen molar-refractivity contribution in [2.75, 3.05) is 0 Å². The molecule has 0 N–H and O–H groups in total. The average molecular weight is 190 g/mol. The summed E-state index contributed by atoms with van der Waals surface area (Å²) in [7, 11) is 1.47. The Hall–Kier alpha value is -1.46. The van der Waals surface area contributed by atoms with Gasteiger partial charge in [0.05, 0.1) is 6.20 Å². The summed E-state index contributed by atoms with van der Waals surface area (Å²) in [6.07, 6.45) is -1.52. The maximum absolute atomic E-state index is 12.2. The molecule has 1 aromatic heterocycles. The molecule has 0 radical (unpaired) electrons. The first-order valence-corrected chi connectivity index (χ1v) is 3.51. The summed E-state index contributed by atoms with van der Waals surface area (Å²) in [4.78, 5) is 10.5. The van der Waals surface area contributed by atoms with Gasteiger partial charge in [-0.2, -0.15) is 5.10 Å². The van der Waals surface area contributed by atoms with Gasteiger partial charge in [0.2, 0.25) is 0 Å². The largest absolute Gasteiger partial charge is 0.423 e. The van der Waals surface area contributed by atoms with Gasteiger partial charge in [0, 0.05) is 14.0 Å². The summed E-state index contributed by atoms with van der Waals surface area (Å²) in [5.41, 5.74) is -0.516. The molecule has 1 heterocycles. The monoisotopic (exact) mass is 190 g/mol. The third-order valence-corrected chi connectivity index (χ3v) is 1.28. The van der Waals surface area contributed by atoms with Crippen LogP contribution in [0.4, 0.5) is 8.78 Å². The number of hydrogen-bond acceptors (Lipinski definition) is 3. The molecule has 6 heteroatoms. The summed E-state index contributed by atoms with van der Waals surface area (Å²) in [5.74, 6) is -0.833. The Morgan fingerprint density at radius 3 is 2.77 bits per heavy atom. The molecule has 1 rings (SSSR count). The molecule has 1 aromatic rings. The average Bonchev–Trinajstić information content (AvgIpc) is 2.29. The van der Waals surface area contributed by atoms with Crippen LogP contribution in [0.5, 0.6) is 5.75 Å². The highest BCUT2D eigenvalue weighted by molar-refractivity contribution is 5.69. The normalized spacial score (nSPS) is 10.5. The van der Waals surface area contributed by atoms with Gasteiger partial charge in [-0.1, -0.05) is 0 Å². The molecule has 13 heavy (non-hydrogen) atoms. The molecule has 0 unspecified atom stereocenters. The van der Waals surface area contributed by atoms with Crippen LogP contribution < -0.4 is 4.74 Å². The zero-order chi connectivity index (χ0) is 10.0. The quantitative estimate of drug-likeness (QED) is 0.660. The first kappa shape index (κ1) is 9.63. The number of esters is 1. The van der Waals surface area contributed by atoms with E-state index in [1.807, 2.05) is 0 Å². The van der Waals surface area contributed by atoms with E-state index in [0.29, 0.717) is 0 Å². The highest BCUT2D eigenvalue weighted by atomic mass is 19.3. The molecule has 0 aliphatic rings. The molecular formula is C7H8F2N2O2. The number of aromatic nitrogens is 2. The van der Waals surface area contributed by atoms with Gasteiger partial charge in [0.15, 0.2) is 11.4 Å². The first-order valence-electron chi connectivity index (χ1n) is 3.51. The Bertz CT molecular complexity index is 322. The van der Waals surface area contributed by atoms with E-state index in [2.05, 4.69) is 9.84 Å². The van der Waals surface area contributed by atoms with Crippen LogP contribution >= 0.6 is 0 Å². The van der Waals surface area contributed by atoms with Gasteiger partial charge in [-0.25, -0.2) is 8.78 Å². The lowest BCUT2D eigenvalue weighted by Gasteiger charge is -1.98. The van der Waals surface area contributed by atoms with Crippen molar-refractivity contribution in [2.24, 2.45) is 7.05 Å². The second-order valence-electron chi connectivity index (χ2n) is 2.45. The third-order valence-electron chi connectivity index (χ3n) is 1.28. The third kappa shape index (κ3) is 2.24. The smallest absolute Gasteiger partial charge is 0.308 e. The van der Waals surface area contributed by atoms with Crippen LogP contribution in [-0.4, -0.2) is 15.7 Å². The van der Waals surface area contributed by atoms with Gasteiger partial charge in [0.1, 0.15) is 0 Å². The fraction of sp³-hybridized carbons (Fsp3) is 0.429. The van der Waals surface area contributed by atoms with Crippen LogP contribution in [0.2, 0.25) is 0 Å². The molecule has 0 bridgehead atoms. The Morgan fingerprint density at radius 2 is 2.31 bits per heavy atom. The number of ether oxygens (including phenoxy) is 1. The van der Waals surface area contributed by atoms with E-state index in [1.165, 1.54) is 17.9 Å². The molecule has 0 aliphatic heterocycles. The zero-order valence-corrected chi connectivity index (χ0v) is 7.12. The molecule has 4 nitrogen and oxygen atoms in total. The fourth-order valence-electron chi connectivity index (χ4n) is 0.869. The van der Waals surface area contributed by atoms with Gasteiger partial charge < -0.3 is 4.74 Å². The molecule has 0 saturated carbocycles. The standard InChI is InChI=1S/C7H8F2N2O2/c1-4(12)13-5-3-11(2)10-6(5)7(8)9/h3,7H,1-2H3. The Kier molecular flexibility index (Phi) is 2.60. The molecule has 0 saturated heterocycles. The van der Waals surface area contributed by atoms with Crippen molar-refractivity contribution in [2.45, 2.75) is 13.3 Å². The predicted octanol–water partition coefficient (Wildman–Crippen LogP) is 1.28. The van der Waals surface area contributed by atoms with Crippen molar-refractivity contribution in [1.82, 2.24) is 9.78 Å². The Balaban J connectivity index is 2.97. The minimum atomic E-state index is -2.74. The molecule has 0 aromatic carbocycles. The summed E-state index contributed by atoms with van der Waals surface area (Å²) in [6.45, 7) is 1.14. The first-order chi connectivity index (χ1) is 6.00. The van der Waals surface area contributed by atoms with Crippen LogP contribution in [0.3, 0.4) is 0 Å². The molecule has 0 aliphatic carbocycles. The van der Waals surface area contributed by atoms with Gasteiger partial charge in [0.25, 0.3) is 6.43 Å². The van der Waals surface area contributed by atoms with E-state index in [1.54, 1.807) is 0 Å². The lowest BCUT2D eigenvalue weighted by Crippen LogP contribution is -2.02. The predicted molar refractivity (Wildman–Crippen MR) is 39.5 cm³/mol. The Morgan fingerprint density at radius 1 is 1.69 bits per heavy atom. The van der Waals surface area contributed by atoms with Crippen molar-refractivity contribution in [3.8, 4) is 5.75 Å². The van der Waals surface area contributed by atoms with Gasteiger partial charge in [-0.15, -0.1) is 0 Å². The van der Waals surface area contributed by atoms with Crippen LogP contribution in [0.15, 0.2) is 6.20 Å². The second kappa shape index (κ2) is 3.51. The fourth-order valence-corrected chi connectivity index (χ4v) is 0.869. The minimum absolute atomic E-state index is 0.190. The molecule has 0 spiro atoms. The number of rotatable bonds is 2. The number of carbonyl (C=O) groups is 1. The lowest BCUT2D eigenvalue weighted by atomic mass is 10.4. The Labute approximate surface area is 73.1 Å². The van der Waals surface area contributed by atoms with E-state index in [4.69, 9.17) is 0 Å². The van der Waals surface area contributed by atoms with Crippen molar-refractivity contribution >= 4 is 5.97 Å². The van der Waals surface area contributed by atoms with Crippen molar-refractivity contribution in [1.29, 1.82) is 0 Å². The van der Waals surface area contributed by atoms with Crippen LogP contribution in [0.25, 0.3) is 0 Å². The number of aryl methyl sites for hydroxylation is 1. The number of carbonyl (C=O) groups excluding carboxylic acids is 1. The van der Waals surface area contributed by atoms with Crippen LogP contribution in [0.1, 0.15) is 19.0 Å². The molecule has 0 amide bonds. The van der Waals surface area contributed by atoms with Gasteiger partial charge >= 0.3 is 5.97 Å². The molecular weight excluding hydrogens is 182 g/mol. The number of alkyl halides is 2. The molecule has 0 atom stereocenters. The minimum Gasteiger partial charge on any atom is -0.423 e. The summed E-state index contributed by atoms with van der Waals surface area (Å²) in [5, 5.41) is 3.45. The van der Waals surface area contributed by atoms with E-state index < -0.39 is 18.1 Å². The highest BCUT2D eigenvalue weighted by Gasteiger charge is 2.19. The van der Waals surface area contributed by atoms with Crippen molar-refractivity contribution in [3.63, 3.8) is 0 Å². The van der Waals surface area contributed by atoms with E-state index >= 15 is 0 Å². The second-order valence-corrected chi connectivity index (χ2v) is 2.45. The summed E-state index contributed by atoms with van der Waals surface area (Å²) in [6, 6.07) is 0. The maximum atomic E-state index is 12.2. The molecule has 72 valence electrons. The van der Waals surface area contributed by atoms with Crippen molar-refractivity contribution < 1.29 is 18.3 Å². The summed E-state index contributed by atoms with van der Waals surface area (Å²) >= 11 is 0. The van der Waals surface area contributed by atoms with Gasteiger partial charge in [-0.05, 0) is 0 Å². The number of nitrogens with zero attached hydrogens (tertiary/aromatic N) is 2. The SMILES string of the molecule is CC(=O)Oc1cn(C)nc1C(F)F. The topological polar surface area (TPSA) is 44.1 Å². The number of hydrogen-bond donors (Lipinski definition) is 0. The molecule has 0 fully saturated rings. The highest BCUT2D eigenvalue weighted by Crippen LogP contribution is 2.26. The van der Waals surface area contributed by atoms with Crippen molar-refractivity contribution in [3.05, 3.63) is 11.9 Å². The van der Waals surface area contributed by atoms with Gasteiger partial charge in [-0.3, -0.25) is 9.48 Å². The maximum Gasteiger partial charge on any atom is 0.308 e. The van der Waals surface area contributed by atoms with E-state index in [9.17, 15) is 13.6 Å². The zero-order valence-electron chi connectivity index (χ0n) is 7.12. The van der Waals surface area contributed by atoms with E-state index in [0.717, 1.165) is 6.92 Å². The van der Waals surface area contributed by atoms with Crippen LogP contribution in [0, 0.1) is 0 Å².